The molecule has 4 aromatic heterocycles. The average Bonchev–Trinajstić information content (AvgIpc) is 0.809. The Bertz CT molecular complexity index is 5440. The fourth-order valence-corrected chi connectivity index (χ4v) is 13.5. The van der Waals surface area contributed by atoms with Crippen molar-refractivity contribution in [3.8, 4) is 66.8 Å². The van der Waals surface area contributed by atoms with Gasteiger partial charge >= 0.3 is 0 Å². The maximum absolute atomic E-state index is 4.07. The zero-order valence-corrected chi connectivity index (χ0v) is 58.6. The van der Waals surface area contributed by atoms with Crippen molar-refractivity contribution in [1.82, 2.24) is 19.9 Å². The molecule has 102 heavy (non-hydrogen) atoms. The van der Waals surface area contributed by atoms with Crippen molar-refractivity contribution >= 4 is 64.6 Å². The van der Waals surface area contributed by atoms with Crippen LogP contribution in [0.5, 0.6) is 0 Å². The number of hydrogen-bond acceptors (Lipinski definition) is 4. The summed E-state index contributed by atoms with van der Waals surface area (Å²) in [6, 6.07) is 115. The van der Waals surface area contributed by atoms with Crippen molar-refractivity contribution in [2.24, 2.45) is 0 Å². The maximum atomic E-state index is 4.07. The van der Waals surface area contributed by atoms with Gasteiger partial charge in [0.2, 0.25) is 0 Å². The average molecular weight is 1310 g/mol. The van der Waals surface area contributed by atoms with Gasteiger partial charge < -0.3 is 0 Å². The third kappa shape index (κ3) is 16.2. The Kier molecular flexibility index (Phi) is 21.8. The first kappa shape index (κ1) is 67.8. The SMILES string of the molecule is Cc1cc(-c2ccncc2)c2ccccc2c1.Cc1ccc(-c2ccncc2)c2ccccc12.Cc1ccc2c(-c3ccccc3)cccc2c1.Cc1ccc2c(-c3ccncc3)cccc2c1.Cc1cccc2c(-c3ccccc3)cccc12.Cc1cccc2c(-c3ccncc3)cccc12. The predicted molar refractivity (Wildman–Crippen MR) is 436 cm³/mol. The summed E-state index contributed by atoms with van der Waals surface area (Å²) in [7, 11) is 0. The maximum Gasteiger partial charge on any atom is 0.0273 e. The minimum absolute atomic E-state index is 1.22. The normalized spacial score (nSPS) is 10.6. The van der Waals surface area contributed by atoms with Crippen LogP contribution in [0.1, 0.15) is 33.4 Å². The number of fused-ring (bicyclic) bond motifs is 6. The summed E-state index contributed by atoms with van der Waals surface area (Å²) in [5.74, 6) is 0. The van der Waals surface area contributed by atoms with Gasteiger partial charge in [0.1, 0.15) is 0 Å². The number of pyridine rings is 4. The molecule has 0 spiro atoms. The zero-order chi connectivity index (χ0) is 70.0. The summed E-state index contributed by atoms with van der Waals surface area (Å²) in [6.07, 6.45) is 14.7. The number of aryl methyl sites for hydroxylation is 6. The first-order chi connectivity index (χ1) is 50.1. The highest BCUT2D eigenvalue weighted by molar-refractivity contribution is 6.02. The van der Waals surface area contributed by atoms with Crippen molar-refractivity contribution in [2.45, 2.75) is 41.5 Å². The van der Waals surface area contributed by atoms with Crippen LogP contribution in [0.4, 0.5) is 0 Å². The minimum Gasteiger partial charge on any atom is -0.265 e. The Morgan fingerprint density at radius 2 is 0.422 bits per heavy atom. The first-order valence-corrected chi connectivity index (χ1v) is 34.8. The summed E-state index contributed by atoms with van der Waals surface area (Å²) in [5, 5.41) is 15.7. The summed E-state index contributed by atoms with van der Waals surface area (Å²) >= 11 is 0. The van der Waals surface area contributed by atoms with Gasteiger partial charge in [0.25, 0.3) is 0 Å². The second kappa shape index (κ2) is 32.7. The second-order valence-corrected chi connectivity index (χ2v) is 25.7. The van der Waals surface area contributed by atoms with E-state index in [9.17, 15) is 0 Å². The van der Waals surface area contributed by atoms with Crippen LogP contribution in [0.3, 0.4) is 0 Å². The molecule has 0 aliphatic rings. The molecule has 0 atom stereocenters. The molecule has 0 fully saturated rings. The summed E-state index contributed by atoms with van der Waals surface area (Å²) in [4.78, 5) is 16.3. The fraction of sp³-hybridized carbons (Fsp3) is 0.0612. The van der Waals surface area contributed by atoms with Crippen LogP contribution < -0.4 is 0 Å². The van der Waals surface area contributed by atoms with Crippen molar-refractivity contribution in [1.29, 1.82) is 0 Å². The van der Waals surface area contributed by atoms with E-state index in [1.807, 2.05) is 49.6 Å². The molecular weight excluding hydrogens is 1230 g/mol. The van der Waals surface area contributed by atoms with Gasteiger partial charge in [-0.15, -0.1) is 0 Å². The highest BCUT2D eigenvalue weighted by atomic mass is 14.6. The number of hydrogen-bond donors (Lipinski definition) is 0. The molecule has 0 unspecified atom stereocenters. The molecule has 4 heterocycles. The lowest BCUT2D eigenvalue weighted by atomic mass is 9.96. The lowest BCUT2D eigenvalue weighted by Gasteiger charge is -2.08. The number of aromatic nitrogens is 4. The van der Waals surface area contributed by atoms with Gasteiger partial charge in [-0.2, -0.15) is 0 Å². The van der Waals surface area contributed by atoms with E-state index in [2.05, 4.69) is 389 Å². The minimum atomic E-state index is 1.22. The molecule has 0 amide bonds. The van der Waals surface area contributed by atoms with Gasteiger partial charge in [0, 0.05) is 49.6 Å². The molecule has 18 aromatic rings. The van der Waals surface area contributed by atoms with Crippen molar-refractivity contribution < 1.29 is 0 Å². The lowest BCUT2D eigenvalue weighted by Crippen LogP contribution is -1.84. The Morgan fingerprint density at radius 1 is 0.157 bits per heavy atom. The van der Waals surface area contributed by atoms with E-state index >= 15 is 0 Å². The van der Waals surface area contributed by atoms with Crippen LogP contribution in [-0.4, -0.2) is 19.9 Å². The predicted octanol–water partition coefficient (Wildman–Crippen LogP) is 26.5. The standard InChI is InChI=1S/2C17H14.4C16H13N/c1-13-7-5-12-17-15(13)10-6-11-16(17)14-8-3-2-4-9-14;1-13-10-11-17-15(12-13)8-5-9-16(17)14-6-3-2-4-7-14;1-12-4-2-7-16-14(12)5-3-6-15(16)13-8-10-17-11-9-13;1-12-5-6-16-14(11-12)3-2-4-15(16)13-7-9-17-10-8-13;1-12-10-14-4-2-3-5-15(14)16(11-12)13-6-8-17-9-7-13;1-12-6-7-15(13-8-10-17-11-9-13)16-5-3-2-4-14(12)16/h2*2-12H,1H3;4*2-11H,1H3. The molecule has 0 saturated carbocycles. The molecule has 0 N–H and O–H groups in total. The van der Waals surface area contributed by atoms with Crippen LogP contribution in [-0.2, 0) is 0 Å². The highest BCUT2D eigenvalue weighted by Crippen LogP contribution is 2.36. The van der Waals surface area contributed by atoms with E-state index in [4.69, 9.17) is 0 Å². The molecule has 492 valence electrons. The summed E-state index contributed by atoms with van der Waals surface area (Å²) in [6.45, 7) is 12.9. The summed E-state index contributed by atoms with van der Waals surface area (Å²) < 4.78 is 0. The van der Waals surface area contributed by atoms with E-state index < -0.39 is 0 Å². The first-order valence-electron chi connectivity index (χ1n) is 34.8. The molecule has 0 radical (unpaired) electrons. The van der Waals surface area contributed by atoms with E-state index in [-0.39, 0.29) is 0 Å². The largest absolute Gasteiger partial charge is 0.265 e. The number of benzene rings is 14. The Balaban J connectivity index is 0.000000109. The van der Waals surface area contributed by atoms with Gasteiger partial charge in [0.05, 0.1) is 0 Å². The number of nitrogens with zero attached hydrogens (tertiary/aromatic N) is 4. The number of rotatable bonds is 6. The van der Waals surface area contributed by atoms with E-state index in [1.54, 1.807) is 0 Å². The van der Waals surface area contributed by atoms with Crippen LogP contribution >= 0.6 is 0 Å². The molecule has 4 nitrogen and oxygen atoms in total. The zero-order valence-electron chi connectivity index (χ0n) is 58.6. The van der Waals surface area contributed by atoms with Gasteiger partial charge in [0.15, 0.2) is 0 Å². The smallest absolute Gasteiger partial charge is 0.0273 e. The van der Waals surface area contributed by atoms with Crippen molar-refractivity contribution in [3.05, 3.63) is 411 Å². The van der Waals surface area contributed by atoms with Gasteiger partial charge in [-0.1, -0.05) is 290 Å². The van der Waals surface area contributed by atoms with Crippen LogP contribution in [0, 0.1) is 41.5 Å². The third-order valence-corrected chi connectivity index (χ3v) is 18.6. The van der Waals surface area contributed by atoms with E-state index in [0.717, 1.165) is 0 Å². The molecular formula is C98H80N4. The van der Waals surface area contributed by atoms with Crippen LogP contribution in [0.25, 0.3) is 131 Å². The topological polar surface area (TPSA) is 51.6 Å². The van der Waals surface area contributed by atoms with E-state index in [1.165, 1.54) is 165 Å². The second-order valence-electron chi connectivity index (χ2n) is 25.7. The lowest BCUT2D eigenvalue weighted by molar-refractivity contribution is 1.33. The molecule has 14 aromatic carbocycles. The van der Waals surface area contributed by atoms with Gasteiger partial charge in [-0.3, -0.25) is 19.9 Å². The Morgan fingerprint density at radius 3 is 0.843 bits per heavy atom. The highest BCUT2D eigenvalue weighted by Gasteiger charge is 2.10. The van der Waals surface area contributed by atoms with E-state index in [0.29, 0.717) is 0 Å². The van der Waals surface area contributed by atoms with Crippen LogP contribution in [0.2, 0.25) is 0 Å². The molecule has 18 rings (SSSR count). The summed E-state index contributed by atoms with van der Waals surface area (Å²) in [5.41, 5.74) is 23.0. The van der Waals surface area contributed by atoms with Crippen LogP contribution in [0.15, 0.2) is 377 Å². The van der Waals surface area contributed by atoms with Crippen molar-refractivity contribution in [2.75, 3.05) is 0 Å². The molecule has 0 bridgehead atoms. The third-order valence-electron chi connectivity index (χ3n) is 18.6. The quantitative estimate of drug-likeness (QED) is 0.166. The van der Waals surface area contributed by atoms with Crippen molar-refractivity contribution in [3.63, 3.8) is 0 Å². The molecule has 0 aliphatic heterocycles. The Labute approximate surface area is 599 Å². The molecule has 4 heteroatoms. The Hall–Kier alpha value is -12.8. The van der Waals surface area contributed by atoms with Gasteiger partial charge in [-0.05, 0) is 244 Å². The molecule has 0 aliphatic carbocycles. The monoisotopic (exact) mass is 1310 g/mol. The van der Waals surface area contributed by atoms with Gasteiger partial charge in [-0.25, -0.2) is 0 Å². The molecule has 0 saturated heterocycles. The fourth-order valence-electron chi connectivity index (χ4n) is 13.5.